The van der Waals surface area contributed by atoms with Crippen LogP contribution in [0.2, 0.25) is 0 Å². The Labute approximate surface area is 79.7 Å². The zero-order valence-electron chi connectivity index (χ0n) is 5.99. The fourth-order valence-electron chi connectivity index (χ4n) is 0.402. The second kappa shape index (κ2) is 6.38. The lowest BCUT2D eigenvalue weighted by molar-refractivity contribution is -0.139. The molecule has 1 atom stereocenters. The number of aliphatic carboxylic acids is 2. The highest BCUT2D eigenvalue weighted by atomic mass is 24.3. The van der Waals surface area contributed by atoms with E-state index in [1.807, 2.05) is 0 Å². The van der Waals surface area contributed by atoms with Crippen LogP contribution in [0.5, 0.6) is 0 Å². The number of hydrogen-bond acceptors (Lipinski definition) is 3. The summed E-state index contributed by atoms with van der Waals surface area (Å²) in [5.74, 6) is -2.20. The van der Waals surface area contributed by atoms with Gasteiger partial charge < -0.3 is 15.9 Å². The minimum Gasteiger partial charge on any atom is -0.481 e. The lowest BCUT2D eigenvalue weighted by atomic mass is 10.2. The highest BCUT2D eigenvalue weighted by Crippen LogP contribution is 1.93. The monoisotopic (exact) mass is 171 g/mol. The van der Waals surface area contributed by atoms with Crippen LogP contribution in [0.3, 0.4) is 0 Å². The van der Waals surface area contributed by atoms with E-state index in [9.17, 15) is 9.59 Å². The Morgan fingerprint density at radius 3 is 2.09 bits per heavy atom. The number of hydrogen-bond donors (Lipinski definition) is 3. The van der Waals surface area contributed by atoms with E-state index in [4.69, 9.17) is 15.9 Å². The van der Waals surface area contributed by atoms with Crippen molar-refractivity contribution in [2.24, 2.45) is 5.73 Å². The Balaban J connectivity index is 0. The van der Waals surface area contributed by atoms with Crippen LogP contribution < -0.4 is 5.73 Å². The molecule has 4 N–H and O–H groups in total. The third-order valence-corrected chi connectivity index (χ3v) is 0.986. The van der Waals surface area contributed by atoms with Crippen LogP contribution in [0.4, 0.5) is 0 Å². The van der Waals surface area contributed by atoms with Gasteiger partial charge in [-0.3, -0.25) is 9.59 Å². The topological polar surface area (TPSA) is 101 Å². The number of nitrogens with two attached hydrogens (primary N) is 1. The first-order valence-corrected chi connectivity index (χ1v) is 2.74. The molecule has 6 heteroatoms. The van der Waals surface area contributed by atoms with Gasteiger partial charge in [0.1, 0.15) is 6.04 Å². The van der Waals surface area contributed by atoms with Crippen LogP contribution in [0, 0.1) is 0 Å². The minimum absolute atomic E-state index is 0. The number of carboxylic acid groups (broad SMARTS) is 2. The number of rotatable bonds is 4. The predicted octanol–water partition coefficient (Wildman–Crippen LogP) is -1.12. The van der Waals surface area contributed by atoms with Crippen molar-refractivity contribution >= 4 is 35.0 Å². The average Bonchev–Trinajstić information content (AvgIpc) is 1.82. The SMILES string of the molecule is N[C@@H](CCC(=O)O)C(=O)O.[Mg]. The van der Waals surface area contributed by atoms with Gasteiger partial charge in [-0.15, -0.1) is 0 Å². The number of carboxylic acids is 2. The summed E-state index contributed by atoms with van der Waals surface area (Å²) < 4.78 is 0. The standard InChI is InChI=1S/C5H9NO4.Mg/c6-3(5(9)10)1-2-4(7)8;/h3H,1-2,6H2,(H,7,8)(H,9,10);/t3-;/m0./s1. The van der Waals surface area contributed by atoms with E-state index in [0.717, 1.165) is 0 Å². The summed E-state index contributed by atoms with van der Waals surface area (Å²) in [6.45, 7) is 0. The maximum absolute atomic E-state index is 9.99. The van der Waals surface area contributed by atoms with E-state index < -0.39 is 18.0 Å². The quantitative estimate of drug-likeness (QED) is 0.465. The van der Waals surface area contributed by atoms with Crippen molar-refractivity contribution in [2.75, 3.05) is 0 Å². The molecule has 0 aliphatic rings. The zero-order valence-corrected chi connectivity index (χ0v) is 7.40. The number of carbonyl (C=O) groups is 2. The van der Waals surface area contributed by atoms with Crippen LogP contribution in [0.25, 0.3) is 0 Å². The Hall–Kier alpha value is -0.334. The molecule has 0 amide bonds. The molecule has 2 radical (unpaired) electrons. The summed E-state index contributed by atoms with van der Waals surface area (Å²) in [6, 6.07) is -1.06. The Morgan fingerprint density at radius 2 is 1.82 bits per heavy atom. The molecule has 0 aromatic rings. The van der Waals surface area contributed by atoms with Gasteiger partial charge in [0.05, 0.1) is 0 Å². The summed E-state index contributed by atoms with van der Waals surface area (Å²) in [6.07, 6.45) is -0.224. The average molecular weight is 171 g/mol. The van der Waals surface area contributed by atoms with Crippen molar-refractivity contribution in [1.29, 1.82) is 0 Å². The molecule has 0 aliphatic heterocycles. The Morgan fingerprint density at radius 1 is 1.36 bits per heavy atom. The van der Waals surface area contributed by atoms with Crippen molar-refractivity contribution in [3.63, 3.8) is 0 Å². The molecule has 0 bridgehead atoms. The van der Waals surface area contributed by atoms with Crippen LogP contribution in [0.1, 0.15) is 12.8 Å². The van der Waals surface area contributed by atoms with Crippen LogP contribution >= 0.6 is 0 Å². The minimum atomic E-state index is -1.17. The molecule has 0 unspecified atom stereocenters. The van der Waals surface area contributed by atoms with Crippen molar-refractivity contribution < 1.29 is 19.8 Å². The first-order valence-electron chi connectivity index (χ1n) is 2.74. The molecule has 0 fully saturated rings. The molecule has 0 spiro atoms. The molecule has 11 heavy (non-hydrogen) atoms. The van der Waals surface area contributed by atoms with Crippen LogP contribution in [-0.2, 0) is 9.59 Å². The van der Waals surface area contributed by atoms with E-state index in [2.05, 4.69) is 0 Å². The Kier molecular flexibility index (Phi) is 7.70. The molecule has 0 heterocycles. The molecule has 0 aliphatic carbocycles. The van der Waals surface area contributed by atoms with Gasteiger partial charge in [0.2, 0.25) is 0 Å². The van der Waals surface area contributed by atoms with Crippen molar-refractivity contribution in [2.45, 2.75) is 18.9 Å². The fourth-order valence-corrected chi connectivity index (χ4v) is 0.402. The third kappa shape index (κ3) is 7.56. The van der Waals surface area contributed by atoms with Crippen molar-refractivity contribution in [1.82, 2.24) is 0 Å². The normalized spacial score (nSPS) is 11.4. The second-order valence-corrected chi connectivity index (χ2v) is 1.88. The van der Waals surface area contributed by atoms with Gasteiger partial charge in [0.15, 0.2) is 0 Å². The van der Waals surface area contributed by atoms with Gasteiger partial charge in [0, 0.05) is 29.5 Å². The maximum atomic E-state index is 9.99. The van der Waals surface area contributed by atoms with E-state index in [1.165, 1.54) is 0 Å². The summed E-state index contributed by atoms with van der Waals surface area (Å²) in [5.41, 5.74) is 5.00. The van der Waals surface area contributed by atoms with E-state index in [1.54, 1.807) is 0 Å². The molecular formula is C5H9MgNO4. The molecule has 0 saturated carbocycles. The smallest absolute Gasteiger partial charge is 0.320 e. The summed E-state index contributed by atoms with van der Waals surface area (Å²) >= 11 is 0. The van der Waals surface area contributed by atoms with Gasteiger partial charge in [-0.05, 0) is 6.42 Å². The van der Waals surface area contributed by atoms with Gasteiger partial charge >= 0.3 is 11.9 Å². The van der Waals surface area contributed by atoms with Gasteiger partial charge in [-0.25, -0.2) is 0 Å². The lowest BCUT2D eigenvalue weighted by Crippen LogP contribution is -2.30. The maximum Gasteiger partial charge on any atom is 0.320 e. The summed E-state index contributed by atoms with van der Waals surface area (Å²) in [5, 5.41) is 16.3. The molecule has 60 valence electrons. The largest absolute Gasteiger partial charge is 0.481 e. The highest BCUT2D eigenvalue weighted by molar-refractivity contribution is 5.75. The van der Waals surface area contributed by atoms with E-state index in [0.29, 0.717) is 0 Å². The van der Waals surface area contributed by atoms with Gasteiger partial charge in [0.25, 0.3) is 0 Å². The van der Waals surface area contributed by atoms with Gasteiger partial charge in [-0.1, -0.05) is 0 Å². The fraction of sp³-hybridized carbons (Fsp3) is 0.600. The molecule has 0 saturated heterocycles. The van der Waals surface area contributed by atoms with Crippen LogP contribution in [0.15, 0.2) is 0 Å². The molecular weight excluding hydrogens is 162 g/mol. The third-order valence-electron chi connectivity index (χ3n) is 0.986. The summed E-state index contributed by atoms with van der Waals surface area (Å²) in [4.78, 5) is 19.9. The molecule has 0 rings (SSSR count). The van der Waals surface area contributed by atoms with E-state index >= 15 is 0 Å². The molecule has 0 aromatic heterocycles. The Bertz CT molecular complexity index is 149. The summed E-state index contributed by atoms with van der Waals surface area (Å²) in [7, 11) is 0. The van der Waals surface area contributed by atoms with Crippen molar-refractivity contribution in [3.05, 3.63) is 0 Å². The lowest BCUT2D eigenvalue weighted by Gasteiger charge is -2.01. The van der Waals surface area contributed by atoms with Crippen molar-refractivity contribution in [3.8, 4) is 0 Å². The van der Waals surface area contributed by atoms with E-state index in [-0.39, 0.29) is 35.9 Å². The zero-order chi connectivity index (χ0) is 8.15. The first-order chi connectivity index (χ1) is 4.54. The molecule has 0 aromatic carbocycles. The first kappa shape index (κ1) is 13.3. The molecule has 5 nitrogen and oxygen atoms in total. The highest BCUT2D eigenvalue weighted by Gasteiger charge is 2.12. The predicted molar refractivity (Wildman–Crippen MR) is 38.2 cm³/mol. The second-order valence-electron chi connectivity index (χ2n) is 1.88. The van der Waals surface area contributed by atoms with Gasteiger partial charge in [-0.2, -0.15) is 0 Å². The van der Waals surface area contributed by atoms with Crippen LogP contribution in [-0.4, -0.2) is 51.2 Å².